The Hall–Kier alpha value is -7.86. The fourth-order valence-corrected chi connectivity index (χ4v) is 9.05. The number of aromatic nitrogens is 3. The van der Waals surface area contributed by atoms with Crippen LogP contribution in [0.1, 0.15) is 16.7 Å². The normalized spacial score (nSPS) is 11.6. The van der Waals surface area contributed by atoms with Gasteiger partial charge in [-0.1, -0.05) is 97.1 Å². The summed E-state index contributed by atoms with van der Waals surface area (Å²) in [5.74, 6) is 0. The van der Waals surface area contributed by atoms with E-state index >= 15 is 0 Å². The third kappa shape index (κ3) is 4.46. The summed E-state index contributed by atoms with van der Waals surface area (Å²) in [6.07, 6.45) is 0. The van der Waals surface area contributed by atoms with Crippen LogP contribution in [0.25, 0.3) is 93.6 Å². The van der Waals surface area contributed by atoms with E-state index in [-0.39, 0.29) is 0 Å². The van der Waals surface area contributed by atoms with Crippen LogP contribution in [0.3, 0.4) is 0 Å². The van der Waals surface area contributed by atoms with E-state index in [4.69, 9.17) is 0 Å². The molecule has 0 aliphatic carbocycles. The molecule has 5 heteroatoms. The molecule has 11 rings (SSSR count). The Morgan fingerprint density at radius 3 is 1.54 bits per heavy atom. The standard InChI is InChI=1S/C51H31N5/c1-32-21-25-49(56-47-20-9-4-15-39(47)41-24-22-33(30-52)27-50(41)56)43(31-53)51(32)34-11-10-12-35(28-34)54-46-19-8-5-16-40(46)42-29-36(23-26-48(42)54)55-44-17-6-2-13-37(44)38-14-3-7-18-45(38)55/h2-29H,1H3. The molecule has 0 saturated heterocycles. The zero-order valence-corrected chi connectivity index (χ0v) is 30.4. The van der Waals surface area contributed by atoms with Gasteiger partial charge >= 0.3 is 0 Å². The summed E-state index contributed by atoms with van der Waals surface area (Å²) in [5.41, 5.74) is 13.4. The predicted octanol–water partition coefficient (Wildman–Crippen LogP) is 12.7. The first-order valence-electron chi connectivity index (χ1n) is 18.7. The topological polar surface area (TPSA) is 62.4 Å². The van der Waals surface area contributed by atoms with E-state index in [0.717, 1.165) is 66.6 Å². The molecule has 56 heavy (non-hydrogen) atoms. The van der Waals surface area contributed by atoms with Gasteiger partial charge in [-0.15, -0.1) is 0 Å². The molecule has 0 atom stereocenters. The lowest BCUT2D eigenvalue weighted by Crippen LogP contribution is -2.02. The van der Waals surface area contributed by atoms with E-state index < -0.39 is 0 Å². The Labute approximate surface area is 322 Å². The highest BCUT2D eigenvalue weighted by Gasteiger charge is 2.21. The molecule has 0 spiro atoms. The molecule has 0 saturated carbocycles. The molecule has 3 aromatic heterocycles. The maximum Gasteiger partial charge on any atom is 0.102 e. The lowest BCUT2D eigenvalue weighted by Gasteiger charge is -2.17. The highest BCUT2D eigenvalue weighted by Crippen LogP contribution is 2.40. The molecule has 0 aliphatic rings. The van der Waals surface area contributed by atoms with Crippen molar-refractivity contribution in [2.24, 2.45) is 0 Å². The lowest BCUT2D eigenvalue weighted by molar-refractivity contribution is 1.16. The Kier molecular flexibility index (Phi) is 6.83. The summed E-state index contributed by atoms with van der Waals surface area (Å²) in [7, 11) is 0. The number of para-hydroxylation sites is 4. The minimum atomic E-state index is 0.577. The van der Waals surface area contributed by atoms with Gasteiger partial charge in [-0.2, -0.15) is 10.5 Å². The maximum atomic E-state index is 11.0. The molecule has 11 aromatic rings. The zero-order chi connectivity index (χ0) is 37.5. The summed E-state index contributed by atoms with van der Waals surface area (Å²) in [6.45, 7) is 2.07. The van der Waals surface area contributed by atoms with Gasteiger partial charge in [0.2, 0.25) is 0 Å². The van der Waals surface area contributed by atoms with E-state index in [1.54, 1.807) is 0 Å². The molecule has 0 bridgehead atoms. The van der Waals surface area contributed by atoms with Gasteiger partial charge in [0, 0.05) is 49.3 Å². The van der Waals surface area contributed by atoms with Crippen molar-refractivity contribution in [3.63, 3.8) is 0 Å². The summed E-state index contributed by atoms with van der Waals surface area (Å²) in [4.78, 5) is 0. The van der Waals surface area contributed by atoms with Crippen LogP contribution >= 0.6 is 0 Å². The molecule has 0 fully saturated rings. The fraction of sp³-hybridized carbons (Fsp3) is 0.0196. The van der Waals surface area contributed by atoms with Crippen LogP contribution in [0.5, 0.6) is 0 Å². The van der Waals surface area contributed by atoms with E-state index in [1.807, 2.05) is 36.4 Å². The van der Waals surface area contributed by atoms with Crippen molar-refractivity contribution in [1.82, 2.24) is 13.7 Å². The fourth-order valence-electron chi connectivity index (χ4n) is 9.05. The van der Waals surface area contributed by atoms with Crippen molar-refractivity contribution >= 4 is 65.4 Å². The first kappa shape index (κ1) is 31.6. The van der Waals surface area contributed by atoms with Crippen molar-refractivity contribution in [3.8, 4) is 40.3 Å². The number of fused-ring (bicyclic) bond motifs is 9. The Balaban J connectivity index is 1.12. The van der Waals surface area contributed by atoms with Crippen molar-refractivity contribution < 1.29 is 0 Å². The average molecular weight is 714 g/mol. The van der Waals surface area contributed by atoms with Crippen LogP contribution in [0.4, 0.5) is 0 Å². The minimum Gasteiger partial charge on any atom is -0.309 e. The Bertz CT molecular complexity index is 3470. The first-order chi connectivity index (χ1) is 27.6. The van der Waals surface area contributed by atoms with Gasteiger partial charge in [0.25, 0.3) is 0 Å². The number of rotatable bonds is 4. The molecule has 0 aliphatic heterocycles. The molecule has 0 N–H and O–H groups in total. The summed E-state index contributed by atoms with van der Waals surface area (Å²) in [6, 6.07) is 64.2. The Morgan fingerprint density at radius 1 is 0.393 bits per heavy atom. The maximum absolute atomic E-state index is 11.0. The van der Waals surface area contributed by atoms with Crippen LogP contribution in [0.2, 0.25) is 0 Å². The van der Waals surface area contributed by atoms with Gasteiger partial charge < -0.3 is 13.7 Å². The smallest absolute Gasteiger partial charge is 0.102 e. The molecule has 5 nitrogen and oxygen atoms in total. The highest BCUT2D eigenvalue weighted by atomic mass is 15.0. The van der Waals surface area contributed by atoms with Crippen LogP contribution in [-0.2, 0) is 0 Å². The second-order valence-electron chi connectivity index (χ2n) is 14.4. The second kappa shape index (κ2) is 12.1. The van der Waals surface area contributed by atoms with Crippen molar-refractivity contribution in [2.45, 2.75) is 6.92 Å². The molecule has 0 unspecified atom stereocenters. The molecule has 0 amide bonds. The second-order valence-corrected chi connectivity index (χ2v) is 14.4. The SMILES string of the molecule is Cc1ccc(-n2c3ccccc3c3ccc(C#N)cc32)c(C#N)c1-c1cccc(-n2c3ccccc3c3cc(-n4c5ccccc5c5ccccc54)ccc32)c1. The number of hydrogen-bond acceptors (Lipinski definition) is 2. The highest BCUT2D eigenvalue weighted by molar-refractivity contribution is 6.13. The number of benzene rings is 8. The predicted molar refractivity (Wildman–Crippen MR) is 229 cm³/mol. The van der Waals surface area contributed by atoms with Crippen LogP contribution < -0.4 is 0 Å². The van der Waals surface area contributed by atoms with Gasteiger partial charge in [-0.05, 0) is 90.8 Å². The zero-order valence-electron chi connectivity index (χ0n) is 30.4. The number of aryl methyl sites for hydroxylation is 1. The van der Waals surface area contributed by atoms with E-state index in [0.29, 0.717) is 11.1 Å². The van der Waals surface area contributed by atoms with Crippen LogP contribution in [0, 0.1) is 29.6 Å². The molecular weight excluding hydrogens is 683 g/mol. The van der Waals surface area contributed by atoms with Crippen molar-refractivity contribution in [2.75, 3.05) is 0 Å². The van der Waals surface area contributed by atoms with Crippen LogP contribution in [0.15, 0.2) is 170 Å². The van der Waals surface area contributed by atoms with Gasteiger partial charge in [-0.25, -0.2) is 0 Å². The summed E-state index contributed by atoms with van der Waals surface area (Å²) in [5, 5.41) is 27.7. The third-order valence-corrected chi connectivity index (χ3v) is 11.4. The number of hydrogen-bond donors (Lipinski definition) is 0. The molecule has 8 aromatic carbocycles. The van der Waals surface area contributed by atoms with Gasteiger partial charge in [-0.3, -0.25) is 0 Å². The molecule has 3 heterocycles. The van der Waals surface area contributed by atoms with Gasteiger partial charge in [0.05, 0.1) is 56.0 Å². The molecule has 0 radical (unpaired) electrons. The molecular formula is C51H31N5. The van der Waals surface area contributed by atoms with Gasteiger partial charge in [0.15, 0.2) is 0 Å². The van der Waals surface area contributed by atoms with E-state index in [9.17, 15) is 10.5 Å². The number of nitrogens with zero attached hydrogens (tertiary/aromatic N) is 5. The monoisotopic (exact) mass is 713 g/mol. The van der Waals surface area contributed by atoms with Crippen LogP contribution in [-0.4, -0.2) is 13.7 Å². The lowest BCUT2D eigenvalue weighted by atomic mass is 9.93. The van der Waals surface area contributed by atoms with Crippen molar-refractivity contribution in [1.29, 1.82) is 10.5 Å². The summed E-state index contributed by atoms with van der Waals surface area (Å²) >= 11 is 0. The first-order valence-corrected chi connectivity index (χ1v) is 18.7. The number of nitriles is 2. The average Bonchev–Trinajstić information content (AvgIpc) is 3.88. The Morgan fingerprint density at radius 2 is 0.929 bits per heavy atom. The summed E-state index contributed by atoms with van der Waals surface area (Å²) < 4.78 is 6.85. The van der Waals surface area contributed by atoms with Crippen molar-refractivity contribution in [3.05, 3.63) is 187 Å². The third-order valence-electron chi connectivity index (χ3n) is 11.4. The van der Waals surface area contributed by atoms with E-state index in [1.165, 1.54) is 32.6 Å². The largest absolute Gasteiger partial charge is 0.309 e. The van der Waals surface area contributed by atoms with Gasteiger partial charge in [0.1, 0.15) is 6.07 Å². The molecule has 260 valence electrons. The van der Waals surface area contributed by atoms with E-state index in [2.05, 4.69) is 166 Å². The minimum absolute atomic E-state index is 0.577. The quantitative estimate of drug-likeness (QED) is 0.182.